The Bertz CT molecular complexity index is 973. The summed E-state index contributed by atoms with van der Waals surface area (Å²) in [6.45, 7) is 1.73. The van der Waals surface area contributed by atoms with Gasteiger partial charge in [0.25, 0.3) is 0 Å². The number of hydrogen-bond acceptors (Lipinski definition) is 3. The third-order valence-electron chi connectivity index (χ3n) is 5.64. The first-order valence-corrected chi connectivity index (χ1v) is 9.77. The zero-order valence-electron chi connectivity index (χ0n) is 16.4. The van der Waals surface area contributed by atoms with Gasteiger partial charge in [-0.2, -0.15) is 0 Å². The molecule has 28 heavy (non-hydrogen) atoms. The zero-order chi connectivity index (χ0) is 19.5. The van der Waals surface area contributed by atoms with Gasteiger partial charge in [-0.25, -0.2) is 0 Å². The van der Waals surface area contributed by atoms with Gasteiger partial charge in [-0.1, -0.05) is 24.3 Å². The van der Waals surface area contributed by atoms with Gasteiger partial charge in [0.1, 0.15) is 0 Å². The number of amides is 1. The van der Waals surface area contributed by atoms with Crippen LogP contribution in [0.1, 0.15) is 36.3 Å². The van der Waals surface area contributed by atoms with Gasteiger partial charge in [-0.05, 0) is 42.2 Å². The van der Waals surface area contributed by atoms with Gasteiger partial charge in [0.15, 0.2) is 11.5 Å². The maximum atomic E-state index is 13.0. The van der Waals surface area contributed by atoms with Crippen LogP contribution in [0.15, 0.2) is 48.7 Å². The number of fused-ring (bicyclic) bond motifs is 1. The number of benzene rings is 2. The Hall–Kier alpha value is -2.95. The van der Waals surface area contributed by atoms with Crippen LogP contribution in [0.4, 0.5) is 0 Å². The van der Waals surface area contributed by atoms with E-state index in [0.29, 0.717) is 17.9 Å². The molecule has 5 heteroatoms. The number of para-hydroxylation sites is 1. The SMILES string of the molecule is COc1ccc([C@H](CC(=O)N2CCCC2)c2c[nH]c3ccccc23)cc1OC. The Labute approximate surface area is 165 Å². The molecule has 1 aromatic heterocycles. The van der Waals surface area contributed by atoms with E-state index in [9.17, 15) is 4.79 Å². The summed E-state index contributed by atoms with van der Waals surface area (Å²) >= 11 is 0. The van der Waals surface area contributed by atoms with Crippen LogP contribution >= 0.6 is 0 Å². The lowest BCUT2D eigenvalue weighted by Crippen LogP contribution is -2.29. The Morgan fingerprint density at radius 1 is 1.07 bits per heavy atom. The molecule has 0 saturated carbocycles. The Kier molecular flexibility index (Phi) is 5.24. The van der Waals surface area contributed by atoms with Crippen molar-refractivity contribution in [3.05, 3.63) is 59.8 Å². The van der Waals surface area contributed by atoms with Crippen molar-refractivity contribution in [1.29, 1.82) is 0 Å². The van der Waals surface area contributed by atoms with E-state index in [-0.39, 0.29) is 11.8 Å². The highest BCUT2D eigenvalue weighted by molar-refractivity contribution is 5.86. The third kappa shape index (κ3) is 3.44. The van der Waals surface area contributed by atoms with Crippen molar-refractivity contribution in [3.8, 4) is 11.5 Å². The Morgan fingerprint density at radius 2 is 1.82 bits per heavy atom. The molecule has 1 amide bonds. The quantitative estimate of drug-likeness (QED) is 0.695. The number of nitrogens with zero attached hydrogens (tertiary/aromatic N) is 1. The normalized spacial score (nSPS) is 15.0. The van der Waals surface area contributed by atoms with E-state index < -0.39 is 0 Å². The molecule has 3 aromatic rings. The first-order valence-electron chi connectivity index (χ1n) is 9.77. The molecule has 146 valence electrons. The summed E-state index contributed by atoms with van der Waals surface area (Å²) in [5.41, 5.74) is 3.27. The molecule has 1 fully saturated rings. The van der Waals surface area contributed by atoms with Crippen molar-refractivity contribution < 1.29 is 14.3 Å². The minimum absolute atomic E-state index is 0.0518. The molecule has 0 unspecified atom stereocenters. The molecule has 1 saturated heterocycles. The number of likely N-dealkylation sites (tertiary alicyclic amines) is 1. The number of rotatable bonds is 6. The number of aromatic amines is 1. The van der Waals surface area contributed by atoms with E-state index in [1.165, 1.54) is 0 Å². The predicted molar refractivity (Wildman–Crippen MR) is 110 cm³/mol. The van der Waals surface area contributed by atoms with Gasteiger partial charge in [0, 0.05) is 42.5 Å². The molecule has 1 aliphatic heterocycles. The largest absolute Gasteiger partial charge is 0.493 e. The molecule has 4 rings (SSSR count). The molecule has 1 atom stereocenters. The lowest BCUT2D eigenvalue weighted by Gasteiger charge is -2.22. The van der Waals surface area contributed by atoms with E-state index in [1.54, 1.807) is 14.2 Å². The molecule has 0 spiro atoms. The lowest BCUT2D eigenvalue weighted by molar-refractivity contribution is -0.130. The predicted octanol–water partition coefficient (Wildman–Crippen LogP) is 4.33. The van der Waals surface area contributed by atoms with Gasteiger partial charge < -0.3 is 19.4 Å². The Balaban J connectivity index is 1.76. The molecular formula is C23H26N2O3. The van der Waals surface area contributed by atoms with Crippen LogP contribution in [-0.2, 0) is 4.79 Å². The van der Waals surface area contributed by atoms with Gasteiger partial charge in [0.2, 0.25) is 5.91 Å². The van der Waals surface area contributed by atoms with Gasteiger partial charge in [-0.3, -0.25) is 4.79 Å². The van der Waals surface area contributed by atoms with E-state index in [1.807, 2.05) is 41.4 Å². The topological polar surface area (TPSA) is 54.6 Å². The molecule has 2 aromatic carbocycles. The average molecular weight is 378 g/mol. The molecule has 1 aliphatic rings. The summed E-state index contributed by atoms with van der Waals surface area (Å²) in [5, 5.41) is 1.15. The van der Waals surface area contributed by atoms with E-state index in [0.717, 1.165) is 48.0 Å². The molecule has 1 N–H and O–H groups in total. The van der Waals surface area contributed by atoms with E-state index >= 15 is 0 Å². The second-order valence-electron chi connectivity index (χ2n) is 7.25. The van der Waals surface area contributed by atoms with Crippen LogP contribution in [0.3, 0.4) is 0 Å². The van der Waals surface area contributed by atoms with Crippen LogP contribution in [0.2, 0.25) is 0 Å². The van der Waals surface area contributed by atoms with Crippen molar-refractivity contribution in [1.82, 2.24) is 9.88 Å². The first kappa shape index (κ1) is 18.4. The average Bonchev–Trinajstić information content (AvgIpc) is 3.41. The summed E-state index contributed by atoms with van der Waals surface area (Å²) in [5.74, 6) is 1.53. The summed E-state index contributed by atoms with van der Waals surface area (Å²) in [4.78, 5) is 18.3. The van der Waals surface area contributed by atoms with Crippen LogP contribution in [0, 0.1) is 0 Å². The smallest absolute Gasteiger partial charge is 0.223 e. The van der Waals surface area contributed by atoms with Crippen molar-refractivity contribution in [3.63, 3.8) is 0 Å². The van der Waals surface area contributed by atoms with Crippen molar-refractivity contribution in [2.24, 2.45) is 0 Å². The van der Waals surface area contributed by atoms with E-state index in [4.69, 9.17) is 9.47 Å². The standard InChI is InChI=1S/C23H26N2O3/c1-27-21-10-9-16(13-22(21)28-2)18(14-23(26)25-11-5-6-12-25)19-15-24-20-8-4-3-7-17(19)20/h3-4,7-10,13,15,18,24H,5-6,11-12,14H2,1-2H3/t18-/m0/s1. The molecule has 0 aliphatic carbocycles. The third-order valence-corrected chi connectivity index (χ3v) is 5.64. The van der Waals surface area contributed by atoms with Gasteiger partial charge >= 0.3 is 0 Å². The zero-order valence-corrected chi connectivity index (χ0v) is 16.4. The number of aromatic nitrogens is 1. The number of carbonyl (C=O) groups excluding carboxylic acids is 1. The fourth-order valence-corrected chi connectivity index (χ4v) is 4.13. The summed E-state index contributed by atoms with van der Waals surface area (Å²) in [6, 6.07) is 14.2. The van der Waals surface area contributed by atoms with Crippen LogP contribution < -0.4 is 9.47 Å². The minimum atomic E-state index is -0.0518. The number of methoxy groups -OCH3 is 2. The fourth-order valence-electron chi connectivity index (χ4n) is 4.13. The van der Waals surface area contributed by atoms with Crippen molar-refractivity contribution >= 4 is 16.8 Å². The van der Waals surface area contributed by atoms with Gasteiger partial charge in [-0.15, -0.1) is 0 Å². The number of hydrogen-bond donors (Lipinski definition) is 1. The first-order chi connectivity index (χ1) is 13.7. The molecule has 2 heterocycles. The fraction of sp³-hybridized carbons (Fsp3) is 0.348. The maximum Gasteiger partial charge on any atom is 0.223 e. The molecular weight excluding hydrogens is 352 g/mol. The van der Waals surface area contributed by atoms with Gasteiger partial charge in [0.05, 0.1) is 14.2 Å². The second-order valence-corrected chi connectivity index (χ2v) is 7.25. The summed E-state index contributed by atoms with van der Waals surface area (Å²) in [7, 11) is 3.27. The molecule has 0 bridgehead atoms. The number of ether oxygens (including phenoxy) is 2. The second kappa shape index (κ2) is 7.97. The minimum Gasteiger partial charge on any atom is -0.493 e. The summed E-state index contributed by atoms with van der Waals surface area (Å²) < 4.78 is 10.9. The van der Waals surface area contributed by atoms with Crippen LogP contribution in [0.25, 0.3) is 10.9 Å². The number of carbonyl (C=O) groups is 1. The van der Waals surface area contributed by atoms with Crippen molar-refractivity contribution in [2.75, 3.05) is 27.3 Å². The van der Waals surface area contributed by atoms with Crippen LogP contribution in [-0.4, -0.2) is 43.1 Å². The number of nitrogens with one attached hydrogen (secondary N) is 1. The molecule has 0 radical (unpaired) electrons. The number of H-pyrrole nitrogens is 1. The highest BCUT2D eigenvalue weighted by Crippen LogP contribution is 2.38. The highest BCUT2D eigenvalue weighted by Gasteiger charge is 2.26. The van der Waals surface area contributed by atoms with E-state index in [2.05, 4.69) is 17.1 Å². The summed E-state index contributed by atoms with van der Waals surface area (Å²) in [6.07, 6.45) is 4.67. The lowest BCUT2D eigenvalue weighted by atomic mass is 9.87. The molecule has 5 nitrogen and oxygen atoms in total. The monoisotopic (exact) mass is 378 g/mol. The highest BCUT2D eigenvalue weighted by atomic mass is 16.5. The van der Waals surface area contributed by atoms with Crippen LogP contribution in [0.5, 0.6) is 11.5 Å². The van der Waals surface area contributed by atoms with Crippen molar-refractivity contribution in [2.45, 2.75) is 25.2 Å². The Morgan fingerprint density at radius 3 is 2.57 bits per heavy atom. The maximum absolute atomic E-state index is 13.0.